The zero-order valence-corrected chi connectivity index (χ0v) is 52.8. The Morgan fingerprint density at radius 2 is 1.45 bits per heavy atom. The molecule has 0 unspecified atom stereocenters. The molecular formula is C66H89N9O11S. The number of aromatic amines is 1. The largest absolute Gasteiger partial charge is 0.391 e. The predicted octanol–water partition coefficient (Wildman–Crippen LogP) is 6.62. The molecule has 3 saturated heterocycles. The van der Waals surface area contributed by atoms with Crippen molar-refractivity contribution >= 4 is 46.6 Å². The van der Waals surface area contributed by atoms with Crippen molar-refractivity contribution in [2.45, 2.75) is 131 Å². The van der Waals surface area contributed by atoms with Crippen LogP contribution in [0.15, 0.2) is 77.0 Å². The minimum absolute atomic E-state index is 0.00119. The van der Waals surface area contributed by atoms with Crippen LogP contribution in [-0.4, -0.2) is 176 Å². The molecule has 0 radical (unpaired) electrons. The van der Waals surface area contributed by atoms with Crippen molar-refractivity contribution in [3.05, 3.63) is 127 Å². The Balaban J connectivity index is 0.736. The SMILES string of the molecule is CCN(c1cc(-c2ccc(CN3CCOCC3)cc2)cc(C(=O)NCc2c(C)cc(C)[nH]c2=O)c1C)C1CCN(C(=O)CCOCCOCCOCCC(=O)N[C@@H](C(=O)N2C[C@H](O)C[C@H]2C(=O)NCc2ccc(-c3scnc3C)cc2)C(C)(C)C)CC1. The number of aryl methyl sites for hydroxylation is 3. The van der Waals surface area contributed by atoms with Crippen LogP contribution >= 0.6 is 11.3 Å². The zero-order chi connectivity index (χ0) is 62.2. The molecule has 3 aliphatic rings. The molecule has 87 heavy (non-hydrogen) atoms. The number of ether oxygens (including phenoxy) is 4. The molecule has 3 fully saturated rings. The molecular weight excluding hydrogens is 1130 g/mol. The van der Waals surface area contributed by atoms with Crippen LogP contribution in [-0.2, 0) is 57.8 Å². The fourth-order valence-electron chi connectivity index (χ4n) is 11.7. The van der Waals surface area contributed by atoms with E-state index in [9.17, 15) is 33.9 Å². The number of β-amino-alcohol motifs (C(OH)–C–C–N with tert-alkyl or cyclic N) is 1. The lowest BCUT2D eigenvalue weighted by atomic mass is 9.85. The Labute approximate surface area is 515 Å². The molecule has 0 bridgehead atoms. The molecule has 0 saturated carbocycles. The maximum Gasteiger partial charge on any atom is 0.253 e. The van der Waals surface area contributed by atoms with Crippen LogP contribution in [0, 0.1) is 33.1 Å². The Kier molecular flexibility index (Phi) is 23.8. The number of carbonyl (C=O) groups excluding carboxylic acids is 5. The van der Waals surface area contributed by atoms with Gasteiger partial charge >= 0.3 is 0 Å². The molecule has 8 rings (SSSR count). The minimum Gasteiger partial charge on any atom is -0.391 e. The summed E-state index contributed by atoms with van der Waals surface area (Å²) in [6.07, 6.45) is 0.975. The van der Waals surface area contributed by atoms with Crippen LogP contribution in [0.2, 0.25) is 0 Å². The second kappa shape index (κ2) is 31.4. The number of likely N-dealkylation sites (tertiary alicyclic amines) is 2. The van der Waals surface area contributed by atoms with E-state index in [0.717, 1.165) is 101 Å². The number of piperidine rings is 1. The molecule has 5 N–H and O–H groups in total. The summed E-state index contributed by atoms with van der Waals surface area (Å²) in [5.41, 5.74) is 11.4. The smallest absolute Gasteiger partial charge is 0.253 e. The Bertz CT molecular complexity index is 3180. The number of carbonyl (C=O) groups is 5. The Morgan fingerprint density at radius 1 is 0.805 bits per heavy atom. The summed E-state index contributed by atoms with van der Waals surface area (Å²) in [7, 11) is 0. The van der Waals surface area contributed by atoms with Crippen molar-refractivity contribution in [2.24, 2.45) is 5.41 Å². The number of hydrogen-bond acceptors (Lipinski definition) is 15. The number of H-pyrrole nitrogens is 1. The summed E-state index contributed by atoms with van der Waals surface area (Å²) in [5.74, 6) is -1.41. The lowest BCUT2D eigenvalue weighted by Crippen LogP contribution is -2.57. The van der Waals surface area contributed by atoms with Gasteiger partial charge in [-0.3, -0.25) is 33.7 Å². The van der Waals surface area contributed by atoms with E-state index in [2.05, 4.69) is 73.0 Å². The number of nitrogens with one attached hydrogen (secondary N) is 4. The molecule has 3 aliphatic heterocycles. The third-order valence-electron chi connectivity index (χ3n) is 16.6. The summed E-state index contributed by atoms with van der Waals surface area (Å²) in [5, 5.41) is 19.5. The number of nitrogens with zero attached hydrogens (tertiary/aromatic N) is 5. The highest BCUT2D eigenvalue weighted by Crippen LogP contribution is 2.35. The number of aliphatic hydroxyl groups excluding tert-OH is 1. The van der Waals surface area contributed by atoms with E-state index in [1.165, 1.54) is 10.5 Å². The predicted molar refractivity (Wildman–Crippen MR) is 336 cm³/mol. The molecule has 2 aromatic heterocycles. The number of hydrogen-bond donors (Lipinski definition) is 5. The maximum absolute atomic E-state index is 14.2. The van der Waals surface area contributed by atoms with Gasteiger partial charge in [0.05, 0.1) is 81.5 Å². The summed E-state index contributed by atoms with van der Waals surface area (Å²) < 4.78 is 22.7. The van der Waals surface area contributed by atoms with Crippen LogP contribution in [0.3, 0.4) is 0 Å². The van der Waals surface area contributed by atoms with E-state index in [4.69, 9.17) is 18.9 Å². The summed E-state index contributed by atoms with van der Waals surface area (Å²) in [4.78, 5) is 97.5. The molecule has 21 heteroatoms. The number of thiazole rings is 1. The number of aromatic nitrogens is 2. The highest BCUT2D eigenvalue weighted by Gasteiger charge is 2.44. The van der Waals surface area contributed by atoms with Gasteiger partial charge in [-0.15, -0.1) is 11.3 Å². The molecule has 470 valence electrons. The Hall–Kier alpha value is -6.85. The highest BCUT2D eigenvalue weighted by molar-refractivity contribution is 7.13. The number of aliphatic hydroxyl groups is 1. The van der Waals surface area contributed by atoms with Gasteiger partial charge in [-0.25, -0.2) is 4.98 Å². The van der Waals surface area contributed by atoms with Gasteiger partial charge in [0.2, 0.25) is 23.6 Å². The summed E-state index contributed by atoms with van der Waals surface area (Å²) >= 11 is 1.57. The fraction of sp³-hybridized carbons (Fsp3) is 0.530. The normalized spacial score (nSPS) is 17.1. The number of pyridine rings is 1. The van der Waals surface area contributed by atoms with Crippen LogP contribution in [0.4, 0.5) is 5.69 Å². The molecule has 5 heterocycles. The first-order valence-corrected chi connectivity index (χ1v) is 31.5. The molecule has 5 aromatic rings. The van der Waals surface area contributed by atoms with Crippen LogP contribution in [0.25, 0.3) is 21.6 Å². The number of rotatable bonds is 27. The maximum atomic E-state index is 14.2. The number of anilines is 1. The van der Waals surface area contributed by atoms with E-state index in [1.807, 2.05) is 95.3 Å². The van der Waals surface area contributed by atoms with Crippen molar-refractivity contribution in [3.8, 4) is 21.6 Å². The average molecular weight is 1220 g/mol. The number of amides is 5. The fourth-order valence-corrected chi connectivity index (χ4v) is 12.5. The first kappa shape index (κ1) is 66.1. The van der Waals surface area contributed by atoms with Gasteiger partial charge in [-0.05, 0) is 110 Å². The standard InChI is InChI=1S/C66H89N9O11S/c1-9-74(56-36-51(49-14-12-48(13-15-49)40-72-24-28-85-29-25-72)35-54(45(56)4)62(79)68-39-55-43(2)34-44(3)70-63(55)80)52-18-22-73(23-19-52)59(78)21-27-84-31-33-86-32-30-83-26-20-58(77)71-61(66(6,7)8)65(82)75-41-53(76)37-57(75)64(81)67-38-47-10-16-50(17-11-47)60-46(5)69-42-87-60/h10-17,34-36,42,52-53,57,61,76H,9,18-33,37-41H2,1-8H3,(H,67,81)(H,68,79)(H,70,80)(H,71,77)/t53-,57+,61+/m1/s1. The van der Waals surface area contributed by atoms with Gasteiger partial charge in [-0.2, -0.15) is 0 Å². The third-order valence-corrected chi connectivity index (χ3v) is 17.6. The average Bonchev–Trinajstić information content (AvgIpc) is 1.96. The van der Waals surface area contributed by atoms with E-state index >= 15 is 0 Å². The van der Waals surface area contributed by atoms with Crippen molar-refractivity contribution in [1.82, 2.24) is 40.6 Å². The molecule has 0 aliphatic carbocycles. The lowest BCUT2D eigenvalue weighted by molar-refractivity contribution is -0.144. The summed E-state index contributed by atoms with van der Waals surface area (Å²) in [6.45, 7) is 23.1. The zero-order valence-electron chi connectivity index (χ0n) is 52.0. The van der Waals surface area contributed by atoms with Crippen molar-refractivity contribution in [2.75, 3.05) is 97.0 Å². The lowest BCUT2D eigenvalue weighted by Gasteiger charge is -2.40. The van der Waals surface area contributed by atoms with Crippen molar-refractivity contribution < 1.29 is 48.0 Å². The first-order chi connectivity index (χ1) is 41.8. The van der Waals surface area contributed by atoms with E-state index in [0.29, 0.717) is 44.0 Å². The van der Waals surface area contributed by atoms with Crippen LogP contribution in [0.1, 0.15) is 109 Å². The topological polar surface area (TPSA) is 237 Å². The monoisotopic (exact) mass is 1220 g/mol. The van der Waals surface area contributed by atoms with Gasteiger partial charge < -0.3 is 59.7 Å². The van der Waals surface area contributed by atoms with Gasteiger partial charge in [-0.1, -0.05) is 69.3 Å². The van der Waals surface area contributed by atoms with Gasteiger partial charge in [0.15, 0.2) is 0 Å². The van der Waals surface area contributed by atoms with Crippen molar-refractivity contribution in [3.63, 3.8) is 0 Å². The van der Waals surface area contributed by atoms with Gasteiger partial charge in [0, 0.05) is 100 Å². The summed E-state index contributed by atoms with van der Waals surface area (Å²) in [6, 6.07) is 20.7. The molecule has 20 nitrogen and oxygen atoms in total. The van der Waals surface area contributed by atoms with Gasteiger partial charge in [0.25, 0.3) is 11.5 Å². The number of benzene rings is 3. The molecule has 0 spiro atoms. The Morgan fingerprint density at radius 3 is 2.08 bits per heavy atom. The highest BCUT2D eigenvalue weighted by atomic mass is 32.1. The third kappa shape index (κ3) is 18.1. The second-order valence-electron chi connectivity index (χ2n) is 24.1. The minimum atomic E-state index is -0.953. The van der Waals surface area contributed by atoms with E-state index in [-0.39, 0.29) is 101 Å². The quantitative estimate of drug-likeness (QED) is 0.0348. The molecule has 5 amide bonds. The van der Waals surface area contributed by atoms with Gasteiger partial charge in [0.1, 0.15) is 12.1 Å². The first-order valence-electron chi connectivity index (χ1n) is 30.6. The molecule has 3 aromatic carbocycles. The second-order valence-corrected chi connectivity index (χ2v) is 24.9. The van der Waals surface area contributed by atoms with Crippen molar-refractivity contribution in [1.29, 1.82) is 0 Å². The van der Waals surface area contributed by atoms with Crippen LogP contribution in [0.5, 0.6) is 0 Å². The van der Waals surface area contributed by atoms with Crippen LogP contribution < -0.4 is 26.4 Å². The number of morpholine rings is 1. The molecule has 3 atom stereocenters. The van der Waals surface area contributed by atoms with E-state index in [1.54, 1.807) is 11.3 Å². The van der Waals surface area contributed by atoms with E-state index < -0.39 is 29.5 Å².